The lowest BCUT2D eigenvalue weighted by atomic mass is 9.83. The minimum atomic E-state index is -1.13. The summed E-state index contributed by atoms with van der Waals surface area (Å²) in [4.78, 5) is 32.9. The molecule has 2 N–H and O–H groups in total. The fraction of sp³-hybridized carbons (Fsp3) is 0.385. The lowest BCUT2D eigenvalue weighted by Gasteiger charge is -2.25. The van der Waals surface area contributed by atoms with Crippen molar-refractivity contribution in [2.24, 2.45) is 0 Å². The molecule has 7 heteroatoms. The number of hydrogen-bond acceptors (Lipinski definition) is 4. The molecule has 108 valence electrons. The number of nitrogens with zero attached hydrogens (tertiary/aromatic N) is 1. The fourth-order valence-electron chi connectivity index (χ4n) is 1.57. The van der Waals surface area contributed by atoms with Crippen LogP contribution in [0.5, 0.6) is 0 Å². The number of amides is 1. The van der Waals surface area contributed by atoms with Gasteiger partial charge in [0.1, 0.15) is 6.04 Å². The minimum Gasteiger partial charge on any atom is -0.480 e. The monoisotopic (exact) mass is 280 g/mol. The van der Waals surface area contributed by atoms with Crippen molar-refractivity contribution >= 4 is 17.6 Å². The Morgan fingerprint density at radius 1 is 1.30 bits per heavy atom. The van der Waals surface area contributed by atoms with E-state index in [0.717, 1.165) is 0 Å². The highest BCUT2D eigenvalue weighted by Crippen LogP contribution is 2.25. The van der Waals surface area contributed by atoms with Crippen LogP contribution in [0.15, 0.2) is 24.3 Å². The van der Waals surface area contributed by atoms with Crippen LogP contribution in [-0.2, 0) is 15.0 Å². The van der Waals surface area contributed by atoms with Gasteiger partial charge in [0.2, 0.25) is 5.91 Å². The number of rotatable bonds is 5. The summed E-state index contributed by atoms with van der Waals surface area (Å²) >= 11 is 0. The first kappa shape index (κ1) is 15.6. The van der Waals surface area contributed by atoms with Gasteiger partial charge in [0.15, 0.2) is 0 Å². The maximum absolute atomic E-state index is 12.1. The first-order chi connectivity index (χ1) is 9.16. The summed E-state index contributed by atoms with van der Waals surface area (Å²) in [6.07, 6.45) is 0. The Morgan fingerprint density at radius 3 is 2.20 bits per heavy atom. The molecule has 0 aliphatic carbocycles. The number of carbonyl (C=O) groups excluding carboxylic acids is 1. The second-order valence-corrected chi connectivity index (χ2v) is 4.96. The average molecular weight is 280 g/mol. The van der Waals surface area contributed by atoms with Crippen LogP contribution in [0.4, 0.5) is 5.69 Å². The second-order valence-electron chi connectivity index (χ2n) is 4.96. The molecule has 0 fully saturated rings. The number of aliphatic carboxylic acids is 1. The summed E-state index contributed by atoms with van der Waals surface area (Å²) < 4.78 is 0. The zero-order chi connectivity index (χ0) is 15.5. The van der Waals surface area contributed by atoms with E-state index in [1.807, 2.05) is 0 Å². The van der Waals surface area contributed by atoms with Crippen molar-refractivity contribution in [2.45, 2.75) is 32.2 Å². The van der Waals surface area contributed by atoms with Gasteiger partial charge >= 0.3 is 5.97 Å². The summed E-state index contributed by atoms with van der Waals surface area (Å²) in [6, 6.07) is 4.60. The van der Waals surface area contributed by atoms with Crippen LogP contribution in [0.25, 0.3) is 0 Å². The number of carbonyl (C=O) groups is 2. The number of nitro groups is 1. The Hall–Kier alpha value is -2.44. The number of nitrogens with one attached hydrogen (secondary N) is 1. The first-order valence-corrected chi connectivity index (χ1v) is 5.95. The van der Waals surface area contributed by atoms with Gasteiger partial charge in [0, 0.05) is 12.1 Å². The Bertz CT molecular complexity index is 536. The smallest absolute Gasteiger partial charge is 0.325 e. The van der Waals surface area contributed by atoms with E-state index in [1.165, 1.54) is 31.2 Å². The molecule has 0 heterocycles. The van der Waals surface area contributed by atoms with E-state index in [2.05, 4.69) is 5.32 Å². The second kappa shape index (κ2) is 5.68. The maximum Gasteiger partial charge on any atom is 0.325 e. The number of carboxylic acid groups (broad SMARTS) is 1. The summed E-state index contributed by atoms with van der Waals surface area (Å²) in [7, 11) is 0. The van der Waals surface area contributed by atoms with Gasteiger partial charge in [0.25, 0.3) is 5.69 Å². The molecule has 20 heavy (non-hydrogen) atoms. The number of hydrogen-bond donors (Lipinski definition) is 2. The van der Waals surface area contributed by atoms with Crippen LogP contribution in [0, 0.1) is 10.1 Å². The molecular formula is C13H16N2O5. The Balaban J connectivity index is 2.94. The van der Waals surface area contributed by atoms with E-state index in [4.69, 9.17) is 5.11 Å². The normalized spacial score (nSPS) is 12.6. The third-order valence-electron chi connectivity index (χ3n) is 3.09. The van der Waals surface area contributed by atoms with Crippen molar-refractivity contribution in [1.82, 2.24) is 5.32 Å². The molecule has 1 rings (SSSR count). The van der Waals surface area contributed by atoms with Crippen LogP contribution in [-0.4, -0.2) is 27.9 Å². The molecule has 0 saturated heterocycles. The predicted octanol–water partition coefficient (Wildman–Crippen LogP) is 1.46. The standard InChI is InChI=1S/C13H16N2O5/c1-8(11(16)17)14-12(18)13(2,3)9-4-6-10(7-5-9)15(19)20/h4-8H,1-3H3,(H,14,18)(H,16,17). The molecule has 1 amide bonds. The average Bonchev–Trinajstić information content (AvgIpc) is 2.38. The zero-order valence-corrected chi connectivity index (χ0v) is 11.4. The first-order valence-electron chi connectivity index (χ1n) is 5.95. The Morgan fingerprint density at radius 2 is 1.80 bits per heavy atom. The van der Waals surface area contributed by atoms with E-state index in [-0.39, 0.29) is 5.69 Å². The van der Waals surface area contributed by atoms with Crippen molar-refractivity contribution in [2.75, 3.05) is 0 Å². The predicted molar refractivity (Wildman–Crippen MR) is 71.4 cm³/mol. The quantitative estimate of drug-likeness (QED) is 0.626. The van der Waals surface area contributed by atoms with E-state index < -0.39 is 28.3 Å². The van der Waals surface area contributed by atoms with Gasteiger partial charge in [-0.05, 0) is 26.3 Å². The largest absolute Gasteiger partial charge is 0.480 e. The molecule has 1 aromatic carbocycles. The van der Waals surface area contributed by atoms with Gasteiger partial charge in [-0.2, -0.15) is 0 Å². The number of nitro benzene ring substituents is 1. The van der Waals surface area contributed by atoms with Gasteiger partial charge in [-0.1, -0.05) is 12.1 Å². The third kappa shape index (κ3) is 3.31. The molecule has 0 radical (unpaired) electrons. The topological polar surface area (TPSA) is 110 Å². The molecule has 0 bridgehead atoms. The summed E-state index contributed by atoms with van der Waals surface area (Å²) in [5.74, 6) is -1.58. The highest BCUT2D eigenvalue weighted by Gasteiger charge is 2.32. The van der Waals surface area contributed by atoms with Crippen molar-refractivity contribution in [3.63, 3.8) is 0 Å². The van der Waals surface area contributed by atoms with Gasteiger partial charge in [0.05, 0.1) is 10.3 Å². The van der Waals surface area contributed by atoms with Crippen LogP contribution >= 0.6 is 0 Å². The van der Waals surface area contributed by atoms with Crippen molar-refractivity contribution in [3.8, 4) is 0 Å². The highest BCUT2D eigenvalue weighted by molar-refractivity contribution is 5.90. The van der Waals surface area contributed by atoms with Gasteiger partial charge in [-0.15, -0.1) is 0 Å². The minimum absolute atomic E-state index is 0.0659. The van der Waals surface area contributed by atoms with E-state index >= 15 is 0 Å². The van der Waals surface area contributed by atoms with Gasteiger partial charge in [-0.3, -0.25) is 19.7 Å². The Kier molecular flexibility index (Phi) is 4.44. The summed E-state index contributed by atoms with van der Waals surface area (Å²) in [5.41, 5.74) is -0.485. The lowest BCUT2D eigenvalue weighted by molar-refractivity contribution is -0.384. The summed E-state index contributed by atoms with van der Waals surface area (Å²) in [6.45, 7) is 4.61. The van der Waals surface area contributed by atoms with Crippen molar-refractivity contribution in [1.29, 1.82) is 0 Å². The molecular weight excluding hydrogens is 264 g/mol. The van der Waals surface area contributed by atoms with Crippen molar-refractivity contribution < 1.29 is 19.6 Å². The fourth-order valence-corrected chi connectivity index (χ4v) is 1.57. The van der Waals surface area contributed by atoms with Crippen LogP contribution in [0.2, 0.25) is 0 Å². The molecule has 7 nitrogen and oxygen atoms in total. The molecule has 0 saturated carbocycles. The van der Waals surface area contributed by atoms with E-state index in [1.54, 1.807) is 13.8 Å². The zero-order valence-electron chi connectivity index (χ0n) is 11.4. The number of benzene rings is 1. The third-order valence-corrected chi connectivity index (χ3v) is 3.09. The van der Waals surface area contributed by atoms with E-state index in [9.17, 15) is 19.7 Å². The molecule has 1 aromatic rings. The maximum atomic E-state index is 12.1. The molecule has 1 unspecified atom stereocenters. The van der Waals surface area contributed by atoms with Gasteiger partial charge in [-0.25, -0.2) is 0 Å². The van der Waals surface area contributed by atoms with E-state index in [0.29, 0.717) is 5.56 Å². The Labute approximate surface area is 115 Å². The molecule has 0 aliphatic rings. The molecule has 1 atom stereocenters. The van der Waals surface area contributed by atoms with Gasteiger partial charge < -0.3 is 10.4 Å². The van der Waals surface area contributed by atoms with Crippen LogP contribution < -0.4 is 5.32 Å². The van der Waals surface area contributed by atoms with Crippen LogP contribution in [0.1, 0.15) is 26.3 Å². The SMILES string of the molecule is CC(NC(=O)C(C)(C)c1ccc([N+](=O)[O-])cc1)C(=O)O. The number of carboxylic acids is 1. The molecule has 0 spiro atoms. The van der Waals surface area contributed by atoms with Crippen molar-refractivity contribution in [3.05, 3.63) is 39.9 Å². The molecule has 0 aromatic heterocycles. The van der Waals surface area contributed by atoms with Crippen LogP contribution in [0.3, 0.4) is 0 Å². The number of non-ortho nitro benzene ring substituents is 1. The molecule has 0 aliphatic heterocycles. The lowest BCUT2D eigenvalue weighted by Crippen LogP contribution is -2.46. The highest BCUT2D eigenvalue weighted by atomic mass is 16.6. The summed E-state index contributed by atoms with van der Waals surface area (Å²) in [5, 5.41) is 21.7.